The van der Waals surface area contributed by atoms with Crippen LogP contribution in [0.25, 0.3) is 0 Å². The van der Waals surface area contributed by atoms with Crippen LogP contribution in [-0.4, -0.2) is 38.8 Å². The Hall–Kier alpha value is -3.02. The van der Waals surface area contributed by atoms with Crippen LogP contribution in [0.4, 0.5) is 0 Å². The highest BCUT2D eigenvalue weighted by Crippen LogP contribution is 2.28. The standard InChI is InChI=1S/C21H22N4O2/c1-15-22-10-9-19(24-15)21(26)25-11-5-8-17(14-25)20-23-13-18(27-20)12-16-6-3-2-4-7-16/h2-4,6-7,9-10,13,17H,5,8,11-12,14H2,1H3/t17-/m0/s1. The summed E-state index contributed by atoms with van der Waals surface area (Å²) in [6.07, 6.45) is 6.05. The van der Waals surface area contributed by atoms with Crippen molar-refractivity contribution in [3.8, 4) is 0 Å². The molecule has 4 rings (SSSR count). The molecule has 0 saturated carbocycles. The number of rotatable bonds is 4. The maximum absolute atomic E-state index is 12.8. The lowest BCUT2D eigenvalue weighted by atomic mass is 9.97. The molecular formula is C21H22N4O2. The summed E-state index contributed by atoms with van der Waals surface area (Å²) in [6, 6.07) is 11.9. The van der Waals surface area contributed by atoms with Gasteiger partial charge in [-0.2, -0.15) is 0 Å². The predicted molar refractivity (Wildman–Crippen MR) is 100 cm³/mol. The number of oxazole rings is 1. The first-order valence-corrected chi connectivity index (χ1v) is 9.26. The fourth-order valence-corrected chi connectivity index (χ4v) is 3.49. The van der Waals surface area contributed by atoms with Gasteiger partial charge in [0.1, 0.15) is 17.3 Å². The predicted octanol–water partition coefficient (Wildman–Crippen LogP) is 3.38. The summed E-state index contributed by atoms with van der Waals surface area (Å²) in [7, 11) is 0. The Morgan fingerprint density at radius 2 is 2.07 bits per heavy atom. The van der Waals surface area contributed by atoms with Crippen molar-refractivity contribution in [1.82, 2.24) is 19.9 Å². The lowest BCUT2D eigenvalue weighted by Gasteiger charge is -2.31. The SMILES string of the molecule is Cc1nccc(C(=O)N2CCC[C@H](c3ncc(Cc4ccccc4)o3)C2)n1. The van der Waals surface area contributed by atoms with Gasteiger partial charge in [0, 0.05) is 25.7 Å². The maximum atomic E-state index is 12.8. The number of carbonyl (C=O) groups excluding carboxylic acids is 1. The molecule has 1 amide bonds. The van der Waals surface area contributed by atoms with E-state index in [1.807, 2.05) is 23.1 Å². The minimum atomic E-state index is -0.0544. The number of hydrogen-bond donors (Lipinski definition) is 0. The lowest BCUT2D eigenvalue weighted by Crippen LogP contribution is -2.39. The molecule has 1 atom stereocenters. The van der Waals surface area contributed by atoms with Crippen molar-refractivity contribution in [2.75, 3.05) is 13.1 Å². The zero-order valence-corrected chi connectivity index (χ0v) is 15.3. The van der Waals surface area contributed by atoms with E-state index in [-0.39, 0.29) is 11.8 Å². The molecule has 0 spiro atoms. The monoisotopic (exact) mass is 362 g/mol. The van der Waals surface area contributed by atoms with Gasteiger partial charge in [0.05, 0.1) is 12.1 Å². The van der Waals surface area contributed by atoms with E-state index in [1.54, 1.807) is 25.4 Å². The summed E-state index contributed by atoms with van der Waals surface area (Å²) in [5.41, 5.74) is 1.64. The Labute approximate surface area is 158 Å². The Morgan fingerprint density at radius 3 is 2.89 bits per heavy atom. The molecule has 1 aliphatic heterocycles. The van der Waals surface area contributed by atoms with Gasteiger partial charge in [-0.1, -0.05) is 30.3 Å². The molecule has 0 bridgehead atoms. The molecule has 1 fully saturated rings. The average Bonchev–Trinajstić information content (AvgIpc) is 3.17. The van der Waals surface area contributed by atoms with Gasteiger partial charge in [-0.05, 0) is 31.4 Å². The Balaban J connectivity index is 1.45. The molecular weight excluding hydrogens is 340 g/mol. The summed E-state index contributed by atoms with van der Waals surface area (Å²) < 4.78 is 6.01. The summed E-state index contributed by atoms with van der Waals surface area (Å²) in [6.45, 7) is 3.12. The number of carbonyl (C=O) groups is 1. The van der Waals surface area contributed by atoms with Gasteiger partial charge in [-0.25, -0.2) is 15.0 Å². The molecule has 0 N–H and O–H groups in total. The lowest BCUT2D eigenvalue weighted by molar-refractivity contribution is 0.0691. The van der Waals surface area contributed by atoms with E-state index >= 15 is 0 Å². The van der Waals surface area contributed by atoms with Crippen LogP contribution in [0.15, 0.2) is 53.2 Å². The van der Waals surface area contributed by atoms with Crippen LogP contribution in [0.1, 0.15) is 52.3 Å². The second kappa shape index (κ2) is 7.70. The Morgan fingerprint density at radius 1 is 1.22 bits per heavy atom. The molecule has 0 unspecified atom stereocenters. The number of aromatic nitrogens is 3. The minimum absolute atomic E-state index is 0.0544. The molecule has 6 nitrogen and oxygen atoms in total. The molecule has 6 heteroatoms. The van der Waals surface area contributed by atoms with Crippen molar-refractivity contribution < 1.29 is 9.21 Å². The van der Waals surface area contributed by atoms with E-state index in [4.69, 9.17) is 4.42 Å². The van der Waals surface area contributed by atoms with Gasteiger partial charge >= 0.3 is 0 Å². The third-order valence-electron chi connectivity index (χ3n) is 4.85. The number of aryl methyl sites for hydroxylation is 1. The first-order valence-electron chi connectivity index (χ1n) is 9.26. The van der Waals surface area contributed by atoms with Crippen LogP contribution in [0.5, 0.6) is 0 Å². The van der Waals surface area contributed by atoms with Crippen molar-refractivity contribution in [3.63, 3.8) is 0 Å². The van der Waals surface area contributed by atoms with E-state index in [1.165, 1.54) is 5.56 Å². The largest absolute Gasteiger partial charge is 0.445 e. The number of likely N-dealkylation sites (tertiary alicyclic amines) is 1. The zero-order valence-electron chi connectivity index (χ0n) is 15.3. The molecule has 1 saturated heterocycles. The van der Waals surface area contributed by atoms with Crippen molar-refractivity contribution in [1.29, 1.82) is 0 Å². The molecule has 1 aliphatic rings. The van der Waals surface area contributed by atoms with Gasteiger partial charge in [-0.15, -0.1) is 0 Å². The first kappa shape index (κ1) is 17.4. The van der Waals surface area contributed by atoms with Crippen LogP contribution in [0.3, 0.4) is 0 Å². The number of amides is 1. The summed E-state index contributed by atoms with van der Waals surface area (Å²) in [4.78, 5) is 27.4. The topological polar surface area (TPSA) is 72.1 Å². The van der Waals surface area contributed by atoms with Gasteiger partial charge in [0.2, 0.25) is 0 Å². The van der Waals surface area contributed by atoms with E-state index in [0.717, 1.165) is 37.5 Å². The molecule has 0 radical (unpaired) electrons. The highest BCUT2D eigenvalue weighted by Gasteiger charge is 2.29. The molecule has 3 heterocycles. The summed E-state index contributed by atoms with van der Waals surface area (Å²) >= 11 is 0. The van der Waals surface area contributed by atoms with Crippen molar-refractivity contribution in [2.45, 2.75) is 32.1 Å². The van der Waals surface area contributed by atoms with E-state index in [2.05, 4.69) is 27.1 Å². The second-order valence-electron chi connectivity index (χ2n) is 6.91. The average molecular weight is 362 g/mol. The van der Waals surface area contributed by atoms with Gasteiger partial charge in [0.25, 0.3) is 5.91 Å². The zero-order chi connectivity index (χ0) is 18.6. The molecule has 3 aromatic rings. The fraction of sp³-hybridized carbons (Fsp3) is 0.333. The molecule has 0 aliphatic carbocycles. The summed E-state index contributed by atoms with van der Waals surface area (Å²) in [5.74, 6) is 2.24. The van der Waals surface area contributed by atoms with Crippen LogP contribution in [0.2, 0.25) is 0 Å². The van der Waals surface area contributed by atoms with Crippen molar-refractivity contribution >= 4 is 5.91 Å². The van der Waals surface area contributed by atoms with E-state index in [9.17, 15) is 4.79 Å². The normalized spacial score (nSPS) is 17.1. The molecule has 138 valence electrons. The van der Waals surface area contributed by atoms with Crippen LogP contribution in [0, 0.1) is 6.92 Å². The van der Waals surface area contributed by atoms with Crippen molar-refractivity contribution in [3.05, 3.63) is 77.5 Å². The number of piperidine rings is 1. The third-order valence-corrected chi connectivity index (χ3v) is 4.85. The molecule has 1 aromatic carbocycles. The van der Waals surface area contributed by atoms with Crippen LogP contribution >= 0.6 is 0 Å². The molecule has 2 aromatic heterocycles. The van der Waals surface area contributed by atoms with Crippen LogP contribution < -0.4 is 0 Å². The minimum Gasteiger partial charge on any atom is -0.445 e. The van der Waals surface area contributed by atoms with Gasteiger partial charge in [0.15, 0.2) is 5.89 Å². The maximum Gasteiger partial charge on any atom is 0.272 e. The first-order chi connectivity index (χ1) is 13.2. The number of nitrogens with zero attached hydrogens (tertiary/aromatic N) is 4. The van der Waals surface area contributed by atoms with Crippen molar-refractivity contribution in [2.24, 2.45) is 0 Å². The highest BCUT2D eigenvalue weighted by molar-refractivity contribution is 5.92. The highest BCUT2D eigenvalue weighted by atomic mass is 16.4. The van der Waals surface area contributed by atoms with Crippen LogP contribution in [-0.2, 0) is 6.42 Å². The van der Waals surface area contributed by atoms with E-state index in [0.29, 0.717) is 18.1 Å². The Bertz CT molecular complexity index is 923. The third kappa shape index (κ3) is 4.05. The van der Waals surface area contributed by atoms with Gasteiger partial charge < -0.3 is 9.32 Å². The van der Waals surface area contributed by atoms with E-state index < -0.39 is 0 Å². The quantitative estimate of drug-likeness (QED) is 0.711. The number of benzene rings is 1. The van der Waals surface area contributed by atoms with Gasteiger partial charge in [-0.3, -0.25) is 4.79 Å². The Kier molecular flexibility index (Phi) is 4.96. The number of hydrogen-bond acceptors (Lipinski definition) is 5. The summed E-state index contributed by atoms with van der Waals surface area (Å²) in [5, 5.41) is 0. The smallest absolute Gasteiger partial charge is 0.272 e. The fourth-order valence-electron chi connectivity index (χ4n) is 3.49. The second-order valence-corrected chi connectivity index (χ2v) is 6.91. The molecule has 27 heavy (non-hydrogen) atoms.